The van der Waals surface area contributed by atoms with E-state index in [1.54, 1.807) is 9.25 Å². The molecular formula is C15H19N7O3. The van der Waals surface area contributed by atoms with Crippen molar-refractivity contribution in [2.24, 2.45) is 12.8 Å². The number of hydrogen-bond acceptors (Lipinski definition) is 5. The van der Waals surface area contributed by atoms with E-state index in [0.717, 1.165) is 16.0 Å². The van der Waals surface area contributed by atoms with Crippen LogP contribution in [0.2, 0.25) is 0 Å². The lowest BCUT2D eigenvalue weighted by atomic mass is 10.4. The third-order valence-corrected chi connectivity index (χ3v) is 4.04. The summed E-state index contributed by atoms with van der Waals surface area (Å²) in [6, 6.07) is 1.89. The van der Waals surface area contributed by atoms with E-state index in [-0.39, 0.29) is 11.2 Å². The molecule has 3 heterocycles. The molecule has 3 aromatic heterocycles. The molecule has 0 radical (unpaired) electrons. The van der Waals surface area contributed by atoms with Crippen LogP contribution < -0.4 is 17.0 Å². The zero-order valence-corrected chi connectivity index (χ0v) is 14.5. The zero-order chi connectivity index (χ0) is 18.5. The monoisotopic (exact) mass is 345 g/mol. The maximum absolute atomic E-state index is 12.8. The topological polar surface area (TPSA) is 123 Å². The number of nitrogens with zero attached hydrogens (tertiary/aromatic N) is 6. The number of carbonyl (C=O) groups is 1. The number of hydrogen-bond donors (Lipinski definition) is 1. The molecule has 0 aromatic carbocycles. The normalized spacial score (nSPS) is 11.4. The molecule has 25 heavy (non-hydrogen) atoms. The van der Waals surface area contributed by atoms with Crippen molar-refractivity contribution in [3.8, 4) is 5.95 Å². The Bertz CT molecular complexity index is 1110. The van der Waals surface area contributed by atoms with Gasteiger partial charge in [0.15, 0.2) is 11.2 Å². The first-order valence-electron chi connectivity index (χ1n) is 7.78. The molecule has 132 valence electrons. The van der Waals surface area contributed by atoms with Gasteiger partial charge in [-0.15, -0.1) is 0 Å². The van der Waals surface area contributed by atoms with Crippen molar-refractivity contribution in [3.63, 3.8) is 0 Å². The van der Waals surface area contributed by atoms with Crippen molar-refractivity contribution in [1.82, 2.24) is 28.5 Å². The summed E-state index contributed by atoms with van der Waals surface area (Å²) < 4.78 is 5.36. The molecule has 10 heteroatoms. The number of primary amides is 1. The summed E-state index contributed by atoms with van der Waals surface area (Å²) in [5.74, 6) is -0.327. The Morgan fingerprint density at radius 3 is 2.44 bits per heavy atom. The third-order valence-electron chi connectivity index (χ3n) is 4.04. The van der Waals surface area contributed by atoms with Crippen LogP contribution in [0.25, 0.3) is 17.1 Å². The fourth-order valence-corrected chi connectivity index (χ4v) is 2.95. The van der Waals surface area contributed by atoms with E-state index < -0.39 is 23.7 Å². The van der Waals surface area contributed by atoms with Gasteiger partial charge in [-0.3, -0.25) is 14.2 Å². The summed E-state index contributed by atoms with van der Waals surface area (Å²) in [7, 11) is 1.50. The van der Waals surface area contributed by atoms with Gasteiger partial charge in [0, 0.05) is 19.3 Å². The average molecular weight is 345 g/mol. The van der Waals surface area contributed by atoms with E-state index in [1.807, 2.05) is 26.8 Å². The second kappa shape index (κ2) is 5.72. The average Bonchev–Trinajstić information content (AvgIpc) is 3.08. The van der Waals surface area contributed by atoms with Crippen LogP contribution in [0, 0.1) is 13.8 Å². The van der Waals surface area contributed by atoms with Gasteiger partial charge < -0.3 is 10.3 Å². The van der Waals surface area contributed by atoms with Crippen molar-refractivity contribution < 1.29 is 4.79 Å². The molecule has 2 N–H and O–H groups in total. The number of rotatable bonds is 4. The lowest BCUT2D eigenvalue weighted by molar-refractivity contribution is -0.118. The Kier molecular flexibility index (Phi) is 3.82. The van der Waals surface area contributed by atoms with Crippen molar-refractivity contribution in [3.05, 3.63) is 38.3 Å². The van der Waals surface area contributed by atoms with Gasteiger partial charge >= 0.3 is 5.69 Å². The summed E-state index contributed by atoms with van der Waals surface area (Å²) >= 11 is 0. The van der Waals surface area contributed by atoms with E-state index in [0.29, 0.717) is 12.5 Å². The summed E-state index contributed by atoms with van der Waals surface area (Å²) in [6.07, 6.45) is 0. The van der Waals surface area contributed by atoms with Crippen LogP contribution in [0.4, 0.5) is 0 Å². The van der Waals surface area contributed by atoms with Gasteiger partial charge in [-0.1, -0.05) is 0 Å². The molecule has 0 bridgehead atoms. The van der Waals surface area contributed by atoms with Crippen LogP contribution in [-0.4, -0.2) is 34.4 Å². The standard InChI is InChI=1S/C15H19N7O3/c1-5-20-11-12(17-14(20)22-9(3)6-8(2)18-22)19(4)15(25)21(13(11)24)7-10(16)23/h6H,5,7H2,1-4H3,(H2,16,23). The fourth-order valence-electron chi connectivity index (χ4n) is 2.95. The van der Waals surface area contributed by atoms with Gasteiger partial charge in [-0.05, 0) is 26.8 Å². The van der Waals surface area contributed by atoms with Crippen molar-refractivity contribution in [2.45, 2.75) is 33.9 Å². The Morgan fingerprint density at radius 2 is 1.92 bits per heavy atom. The maximum atomic E-state index is 12.8. The van der Waals surface area contributed by atoms with Crippen LogP contribution in [0.5, 0.6) is 0 Å². The SMILES string of the molecule is CCn1c(-n2nc(C)cc2C)nc2c1c(=O)n(CC(N)=O)c(=O)n2C. The molecule has 0 saturated heterocycles. The minimum atomic E-state index is -0.764. The predicted molar refractivity (Wildman–Crippen MR) is 90.7 cm³/mol. The van der Waals surface area contributed by atoms with Gasteiger partial charge in [0.25, 0.3) is 5.56 Å². The number of fused-ring (bicyclic) bond motifs is 1. The van der Waals surface area contributed by atoms with E-state index >= 15 is 0 Å². The highest BCUT2D eigenvalue weighted by atomic mass is 16.2. The summed E-state index contributed by atoms with van der Waals surface area (Å²) in [5.41, 5.74) is 6.05. The number of aromatic nitrogens is 6. The number of carbonyl (C=O) groups excluding carboxylic acids is 1. The largest absolute Gasteiger partial charge is 0.368 e. The molecule has 0 saturated carbocycles. The van der Waals surface area contributed by atoms with Crippen LogP contribution in [0.1, 0.15) is 18.3 Å². The first-order chi connectivity index (χ1) is 11.8. The number of aryl methyl sites for hydroxylation is 4. The van der Waals surface area contributed by atoms with Gasteiger partial charge in [0.2, 0.25) is 11.9 Å². The summed E-state index contributed by atoms with van der Waals surface area (Å²) in [6.45, 7) is 5.56. The van der Waals surface area contributed by atoms with Crippen molar-refractivity contribution >= 4 is 17.1 Å². The molecule has 0 aliphatic carbocycles. The fraction of sp³-hybridized carbons (Fsp3) is 0.400. The van der Waals surface area contributed by atoms with Crippen LogP contribution in [0.3, 0.4) is 0 Å². The molecule has 3 aromatic rings. The smallest absolute Gasteiger partial charge is 0.332 e. The zero-order valence-electron chi connectivity index (χ0n) is 14.5. The molecule has 0 spiro atoms. The molecule has 0 atom stereocenters. The molecule has 3 rings (SSSR count). The third kappa shape index (κ3) is 2.46. The Morgan fingerprint density at radius 1 is 1.24 bits per heavy atom. The van der Waals surface area contributed by atoms with Crippen molar-refractivity contribution in [2.75, 3.05) is 0 Å². The number of nitrogens with two attached hydrogens (primary N) is 1. The van der Waals surface area contributed by atoms with Gasteiger partial charge in [-0.25, -0.2) is 14.0 Å². The molecule has 0 aliphatic heterocycles. The minimum absolute atomic E-state index is 0.230. The number of imidazole rings is 1. The maximum Gasteiger partial charge on any atom is 0.332 e. The van der Waals surface area contributed by atoms with E-state index in [2.05, 4.69) is 10.1 Å². The first-order valence-corrected chi connectivity index (χ1v) is 7.78. The molecule has 0 aliphatic rings. The Balaban J connectivity index is 2.45. The van der Waals surface area contributed by atoms with E-state index in [9.17, 15) is 14.4 Å². The number of amides is 1. The van der Waals surface area contributed by atoms with Crippen LogP contribution in [-0.2, 0) is 24.9 Å². The highest BCUT2D eigenvalue weighted by Gasteiger charge is 2.22. The van der Waals surface area contributed by atoms with Gasteiger partial charge in [-0.2, -0.15) is 10.1 Å². The first kappa shape index (κ1) is 16.7. The molecule has 0 unspecified atom stereocenters. The van der Waals surface area contributed by atoms with E-state index in [1.165, 1.54) is 11.6 Å². The Labute approximate surface area is 142 Å². The lowest BCUT2D eigenvalue weighted by Gasteiger charge is -2.08. The van der Waals surface area contributed by atoms with Crippen LogP contribution >= 0.6 is 0 Å². The summed E-state index contributed by atoms with van der Waals surface area (Å²) in [5, 5.41) is 4.40. The lowest BCUT2D eigenvalue weighted by Crippen LogP contribution is -2.42. The highest BCUT2D eigenvalue weighted by Crippen LogP contribution is 2.16. The van der Waals surface area contributed by atoms with Crippen LogP contribution in [0.15, 0.2) is 15.7 Å². The minimum Gasteiger partial charge on any atom is -0.368 e. The second-order valence-corrected chi connectivity index (χ2v) is 5.87. The molecule has 1 amide bonds. The molecule has 10 nitrogen and oxygen atoms in total. The quantitative estimate of drug-likeness (QED) is 0.663. The summed E-state index contributed by atoms with van der Waals surface area (Å²) in [4.78, 5) is 40.9. The van der Waals surface area contributed by atoms with Crippen molar-refractivity contribution in [1.29, 1.82) is 0 Å². The molecular weight excluding hydrogens is 326 g/mol. The van der Waals surface area contributed by atoms with Gasteiger partial charge in [0.05, 0.1) is 5.69 Å². The van der Waals surface area contributed by atoms with Gasteiger partial charge in [0.1, 0.15) is 6.54 Å². The van der Waals surface area contributed by atoms with E-state index in [4.69, 9.17) is 5.73 Å². The Hall–Kier alpha value is -3.17. The second-order valence-electron chi connectivity index (χ2n) is 5.87. The molecule has 0 fully saturated rings. The predicted octanol–water partition coefficient (Wildman–Crippen LogP) is -0.796. The highest BCUT2D eigenvalue weighted by molar-refractivity contribution is 5.75.